The number of rotatable bonds is 2. The van der Waals surface area contributed by atoms with Gasteiger partial charge in [-0.2, -0.15) is 13.2 Å². The van der Waals surface area contributed by atoms with Gasteiger partial charge in [0.15, 0.2) is 0 Å². The lowest BCUT2D eigenvalue weighted by atomic mass is 10.0. The highest BCUT2D eigenvalue weighted by atomic mass is 19.4. The van der Waals surface area contributed by atoms with E-state index in [1.807, 2.05) is 5.32 Å². The second kappa shape index (κ2) is 4.92. The quantitative estimate of drug-likeness (QED) is 0.779. The average molecular weight is 263 g/mol. The van der Waals surface area contributed by atoms with Gasteiger partial charge in [0.05, 0.1) is 18.3 Å². The van der Waals surface area contributed by atoms with Gasteiger partial charge in [-0.05, 0) is 13.0 Å². The summed E-state index contributed by atoms with van der Waals surface area (Å²) in [5, 5.41) is 12.3. The molecule has 1 fully saturated rings. The first-order chi connectivity index (χ1) is 8.48. The number of piperidine rings is 1. The summed E-state index contributed by atoms with van der Waals surface area (Å²) in [7, 11) is 0. The second-order valence-electron chi connectivity index (χ2n) is 4.02. The third-order valence-corrected chi connectivity index (χ3v) is 2.80. The molecule has 2 rings (SSSR count). The third kappa shape index (κ3) is 2.78. The molecule has 1 aliphatic rings. The molecule has 1 aromatic heterocycles. The average Bonchev–Trinajstić information content (AvgIpc) is 2.82. The topological polar surface area (TPSA) is 71.8 Å². The zero-order valence-electron chi connectivity index (χ0n) is 9.31. The van der Waals surface area contributed by atoms with E-state index >= 15 is 0 Å². The van der Waals surface area contributed by atoms with Crippen LogP contribution in [0.3, 0.4) is 0 Å². The van der Waals surface area contributed by atoms with Crippen LogP contribution < -0.4 is 10.6 Å². The Morgan fingerprint density at radius 1 is 1.50 bits per heavy atom. The second-order valence-corrected chi connectivity index (χ2v) is 4.02. The van der Waals surface area contributed by atoms with Crippen molar-refractivity contribution in [2.45, 2.75) is 24.7 Å². The summed E-state index contributed by atoms with van der Waals surface area (Å²) in [6, 6.07) is -0.977. The van der Waals surface area contributed by atoms with E-state index in [2.05, 4.69) is 15.6 Å². The lowest BCUT2D eigenvalue weighted by Gasteiger charge is -2.32. The highest BCUT2D eigenvalue weighted by Crippen LogP contribution is 2.20. The van der Waals surface area contributed by atoms with Crippen molar-refractivity contribution >= 4 is 5.91 Å². The minimum atomic E-state index is -4.87. The normalized spacial score (nSPS) is 24.8. The maximum absolute atomic E-state index is 12.2. The Labute approximate surface area is 101 Å². The number of hydrogen-bond donors (Lipinski definition) is 2. The smallest absolute Gasteiger partial charge is 0.342 e. The van der Waals surface area contributed by atoms with Crippen molar-refractivity contribution < 1.29 is 18.0 Å². The SMILES string of the molecule is O=C(N[C@@H]1CNCC[C@@H]1n1ccnn1)C(F)(F)F. The van der Waals surface area contributed by atoms with Crippen molar-refractivity contribution in [1.82, 2.24) is 25.6 Å². The largest absolute Gasteiger partial charge is 0.471 e. The maximum Gasteiger partial charge on any atom is 0.471 e. The van der Waals surface area contributed by atoms with Gasteiger partial charge in [0.25, 0.3) is 0 Å². The molecule has 0 spiro atoms. The molecule has 1 aliphatic heterocycles. The summed E-state index contributed by atoms with van der Waals surface area (Å²) >= 11 is 0. The molecule has 2 heterocycles. The van der Waals surface area contributed by atoms with E-state index in [1.165, 1.54) is 10.9 Å². The maximum atomic E-state index is 12.2. The molecule has 9 heteroatoms. The molecule has 2 N–H and O–H groups in total. The molecule has 0 unspecified atom stereocenters. The zero-order chi connectivity index (χ0) is 13.2. The fourth-order valence-electron chi connectivity index (χ4n) is 1.95. The summed E-state index contributed by atoms with van der Waals surface area (Å²) < 4.78 is 38.1. The van der Waals surface area contributed by atoms with Crippen LogP contribution >= 0.6 is 0 Å². The molecule has 2 atom stereocenters. The number of carbonyl (C=O) groups excluding carboxylic acids is 1. The van der Waals surface area contributed by atoms with Crippen molar-refractivity contribution in [1.29, 1.82) is 0 Å². The molecule has 100 valence electrons. The van der Waals surface area contributed by atoms with Gasteiger partial charge in [0.2, 0.25) is 0 Å². The molecule has 0 aromatic carbocycles. The number of nitrogens with zero attached hydrogens (tertiary/aromatic N) is 3. The van der Waals surface area contributed by atoms with E-state index in [9.17, 15) is 18.0 Å². The van der Waals surface area contributed by atoms with Crippen molar-refractivity contribution in [2.24, 2.45) is 0 Å². The number of hydrogen-bond acceptors (Lipinski definition) is 4. The zero-order valence-corrected chi connectivity index (χ0v) is 9.31. The number of halogens is 3. The van der Waals surface area contributed by atoms with Crippen LogP contribution in [0.5, 0.6) is 0 Å². The molecule has 18 heavy (non-hydrogen) atoms. The van der Waals surface area contributed by atoms with Crippen LogP contribution in [0, 0.1) is 0 Å². The molecule has 1 amide bonds. The lowest BCUT2D eigenvalue weighted by Crippen LogP contribution is -2.54. The first-order valence-corrected chi connectivity index (χ1v) is 5.42. The molecular weight excluding hydrogens is 251 g/mol. The first-order valence-electron chi connectivity index (χ1n) is 5.42. The van der Waals surface area contributed by atoms with Crippen LogP contribution in [-0.2, 0) is 4.79 Å². The van der Waals surface area contributed by atoms with Crippen LogP contribution in [0.15, 0.2) is 12.4 Å². The molecular formula is C9H12F3N5O. The molecule has 1 aromatic rings. The van der Waals surface area contributed by atoms with Gasteiger partial charge in [-0.1, -0.05) is 5.21 Å². The summed E-state index contributed by atoms with van der Waals surface area (Å²) in [5.41, 5.74) is 0. The predicted molar refractivity (Wildman–Crippen MR) is 54.5 cm³/mol. The molecule has 6 nitrogen and oxygen atoms in total. The summed E-state index contributed by atoms with van der Waals surface area (Å²) in [6.45, 7) is 0.926. The van der Waals surface area contributed by atoms with E-state index in [-0.39, 0.29) is 12.6 Å². The standard InChI is InChI=1S/C9H12F3N5O/c10-9(11,12)8(18)15-6-5-13-2-1-7(6)17-4-3-14-16-17/h3-4,6-7,13H,1-2,5H2,(H,15,18)/t6-,7+/m1/s1. The van der Waals surface area contributed by atoms with E-state index in [1.54, 1.807) is 6.20 Å². The predicted octanol–water partition coefficient (Wildman–Crippen LogP) is -0.140. The lowest BCUT2D eigenvalue weighted by molar-refractivity contribution is -0.174. The highest BCUT2D eigenvalue weighted by Gasteiger charge is 2.41. The van der Waals surface area contributed by atoms with Crippen molar-refractivity contribution in [2.75, 3.05) is 13.1 Å². The van der Waals surface area contributed by atoms with Crippen LogP contribution in [0.25, 0.3) is 0 Å². The monoisotopic (exact) mass is 263 g/mol. The molecule has 0 saturated carbocycles. The Morgan fingerprint density at radius 3 is 2.89 bits per heavy atom. The molecule has 1 saturated heterocycles. The van der Waals surface area contributed by atoms with Crippen molar-refractivity contribution in [3.63, 3.8) is 0 Å². The number of carbonyl (C=O) groups is 1. The molecule has 0 radical (unpaired) electrons. The van der Waals surface area contributed by atoms with Crippen LogP contribution in [0.1, 0.15) is 12.5 Å². The summed E-state index contributed by atoms with van der Waals surface area (Å²) in [6.07, 6.45) is -1.27. The number of alkyl halides is 3. The van der Waals surface area contributed by atoms with Crippen LogP contribution in [0.4, 0.5) is 13.2 Å². The third-order valence-electron chi connectivity index (χ3n) is 2.80. The number of nitrogens with one attached hydrogen (secondary N) is 2. The van der Waals surface area contributed by atoms with Crippen LogP contribution in [-0.4, -0.2) is 46.2 Å². The number of amides is 1. The Morgan fingerprint density at radius 2 is 2.28 bits per heavy atom. The van der Waals surface area contributed by atoms with Crippen molar-refractivity contribution in [3.8, 4) is 0 Å². The van der Waals surface area contributed by atoms with Gasteiger partial charge in [-0.3, -0.25) is 4.79 Å². The van der Waals surface area contributed by atoms with Gasteiger partial charge in [-0.15, -0.1) is 5.10 Å². The van der Waals surface area contributed by atoms with Gasteiger partial charge in [0, 0.05) is 12.7 Å². The Hall–Kier alpha value is -1.64. The fourth-order valence-corrected chi connectivity index (χ4v) is 1.95. The van der Waals surface area contributed by atoms with Gasteiger partial charge < -0.3 is 10.6 Å². The minimum Gasteiger partial charge on any atom is -0.342 e. The van der Waals surface area contributed by atoms with Crippen LogP contribution in [0.2, 0.25) is 0 Å². The fraction of sp³-hybridized carbons (Fsp3) is 0.667. The first kappa shape index (κ1) is 12.8. The number of aromatic nitrogens is 3. The molecule has 0 aliphatic carbocycles. The highest BCUT2D eigenvalue weighted by molar-refractivity contribution is 5.82. The van der Waals surface area contributed by atoms with Crippen molar-refractivity contribution in [3.05, 3.63) is 12.4 Å². The van der Waals surface area contributed by atoms with E-state index in [0.717, 1.165) is 0 Å². The van der Waals surface area contributed by atoms with Gasteiger partial charge >= 0.3 is 12.1 Å². The minimum absolute atomic E-state index is 0.270. The van der Waals surface area contributed by atoms with E-state index < -0.39 is 18.1 Å². The van der Waals surface area contributed by atoms with Gasteiger partial charge in [-0.25, -0.2) is 4.68 Å². The van der Waals surface area contributed by atoms with E-state index in [0.29, 0.717) is 13.0 Å². The summed E-state index contributed by atoms with van der Waals surface area (Å²) in [5.74, 6) is -1.93. The molecule has 0 bridgehead atoms. The van der Waals surface area contributed by atoms with E-state index in [4.69, 9.17) is 0 Å². The Kier molecular flexibility index (Phi) is 3.50. The van der Waals surface area contributed by atoms with Gasteiger partial charge in [0.1, 0.15) is 0 Å². The summed E-state index contributed by atoms with van der Waals surface area (Å²) in [4.78, 5) is 10.9. The Bertz CT molecular complexity index is 405. The Balaban J connectivity index is 2.07.